The van der Waals surface area contributed by atoms with Crippen molar-refractivity contribution in [2.75, 3.05) is 25.0 Å². The first-order chi connectivity index (χ1) is 9.45. The van der Waals surface area contributed by atoms with Gasteiger partial charge >= 0.3 is 6.01 Å². The van der Waals surface area contributed by atoms with Crippen LogP contribution in [0.2, 0.25) is 0 Å². The van der Waals surface area contributed by atoms with Crippen molar-refractivity contribution in [1.82, 2.24) is 15.1 Å². The average molecular weight is 282 g/mol. The van der Waals surface area contributed by atoms with Gasteiger partial charge < -0.3 is 9.52 Å². The maximum atomic E-state index is 11.9. The van der Waals surface area contributed by atoms with Crippen LogP contribution in [-0.2, 0) is 4.79 Å². The second-order valence-electron chi connectivity index (χ2n) is 5.72. The minimum Gasteiger partial charge on any atom is -0.408 e. The molecule has 0 saturated carbocycles. The lowest BCUT2D eigenvalue weighted by atomic mass is 9.97. The van der Waals surface area contributed by atoms with E-state index in [9.17, 15) is 9.90 Å². The zero-order valence-electron chi connectivity index (χ0n) is 12.2. The molecule has 0 radical (unpaired) electrons. The number of rotatable bonds is 4. The minimum absolute atomic E-state index is 0.137. The van der Waals surface area contributed by atoms with E-state index in [1.807, 2.05) is 25.7 Å². The van der Waals surface area contributed by atoms with Crippen molar-refractivity contribution >= 4 is 11.9 Å². The van der Waals surface area contributed by atoms with E-state index in [1.54, 1.807) is 0 Å². The summed E-state index contributed by atoms with van der Waals surface area (Å²) >= 11 is 0. The smallest absolute Gasteiger partial charge is 0.322 e. The summed E-state index contributed by atoms with van der Waals surface area (Å²) in [5.41, 5.74) is 0. The van der Waals surface area contributed by atoms with Crippen molar-refractivity contribution in [3.05, 3.63) is 5.89 Å². The zero-order chi connectivity index (χ0) is 14.7. The second-order valence-corrected chi connectivity index (χ2v) is 5.72. The topological polar surface area (TPSA) is 91.5 Å². The molecule has 0 aliphatic carbocycles. The molecule has 112 valence electrons. The predicted molar refractivity (Wildman–Crippen MR) is 73.2 cm³/mol. The Bertz CT molecular complexity index is 460. The normalized spacial score (nSPS) is 24.1. The number of carbonyl (C=O) groups excluding carboxylic acids is 1. The largest absolute Gasteiger partial charge is 0.408 e. The van der Waals surface area contributed by atoms with Gasteiger partial charge in [-0.05, 0) is 12.3 Å². The second kappa shape index (κ2) is 6.32. The summed E-state index contributed by atoms with van der Waals surface area (Å²) in [6.45, 7) is 7.59. The van der Waals surface area contributed by atoms with E-state index in [1.165, 1.54) is 0 Å². The monoisotopic (exact) mass is 282 g/mol. The molecule has 1 aromatic heterocycles. The number of nitrogens with zero attached hydrogens (tertiary/aromatic N) is 3. The fourth-order valence-electron chi connectivity index (χ4n) is 2.24. The molecule has 1 amide bonds. The summed E-state index contributed by atoms with van der Waals surface area (Å²) in [5.74, 6) is 0.660. The summed E-state index contributed by atoms with van der Waals surface area (Å²) < 4.78 is 5.33. The van der Waals surface area contributed by atoms with Crippen LogP contribution in [0.25, 0.3) is 0 Å². The highest BCUT2D eigenvalue weighted by atomic mass is 16.4. The lowest BCUT2D eigenvalue weighted by Crippen LogP contribution is -2.45. The van der Waals surface area contributed by atoms with E-state index in [0.29, 0.717) is 12.3 Å². The van der Waals surface area contributed by atoms with E-state index >= 15 is 0 Å². The molecule has 1 fully saturated rings. The third kappa shape index (κ3) is 3.77. The molecule has 0 spiro atoms. The maximum absolute atomic E-state index is 11.9. The average Bonchev–Trinajstić information content (AvgIpc) is 2.82. The first-order valence-electron chi connectivity index (χ1n) is 6.99. The number of aromatic nitrogens is 2. The van der Waals surface area contributed by atoms with Gasteiger partial charge in [0.1, 0.15) is 0 Å². The van der Waals surface area contributed by atoms with Crippen molar-refractivity contribution < 1.29 is 14.3 Å². The van der Waals surface area contributed by atoms with Crippen LogP contribution in [0.15, 0.2) is 4.42 Å². The van der Waals surface area contributed by atoms with Crippen molar-refractivity contribution in [3.8, 4) is 0 Å². The molecular weight excluding hydrogens is 260 g/mol. The molecule has 1 aliphatic rings. The Morgan fingerprint density at radius 2 is 2.30 bits per heavy atom. The molecule has 2 unspecified atom stereocenters. The van der Waals surface area contributed by atoms with E-state index in [4.69, 9.17) is 4.42 Å². The highest BCUT2D eigenvalue weighted by Gasteiger charge is 2.25. The predicted octanol–water partition coefficient (Wildman–Crippen LogP) is 0.834. The van der Waals surface area contributed by atoms with Crippen LogP contribution >= 0.6 is 0 Å². The highest BCUT2D eigenvalue weighted by molar-refractivity contribution is 5.90. The van der Waals surface area contributed by atoms with Gasteiger partial charge in [0, 0.05) is 19.0 Å². The van der Waals surface area contributed by atoms with Crippen LogP contribution in [0.5, 0.6) is 0 Å². The standard InChI is InChI=1S/C13H22N4O3/c1-8(2)12-15-16-13(20-12)14-11(19)7-17-5-4-10(18)9(3)6-17/h8-10,18H,4-7H2,1-3H3,(H,14,16,19). The summed E-state index contributed by atoms with van der Waals surface area (Å²) in [7, 11) is 0. The quantitative estimate of drug-likeness (QED) is 0.850. The molecule has 1 saturated heterocycles. The maximum Gasteiger partial charge on any atom is 0.322 e. The van der Waals surface area contributed by atoms with E-state index in [-0.39, 0.29) is 36.4 Å². The van der Waals surface area contributed by atoms with Gasteiger partial charge in [-0.2, -0.15) is 0 Å². The van der Waals surface area contributed by atoms with Crippen molar-refractivity contribution in [2.45, 2.75) is 39.2 Å². The van der Waals surface area contributed by atoms with Crippen LogP contribution in [0.4, 0.5) is 6.01 Å². The van der Waals surface area contributed by atoms with Crippen LogP contribution in [0.1, 0.15) is 39.0 Å². The number of piperidine rings is 1. The van der Waals surface area contributed by atoms with Crippen LogP contribution < -0.4 is 5.32 Å². The number of carbonyl (C=O) groups is 1. The number of anilines is 1. The number of nitrogens with one attached hydrogen (secondary N) is 1. The fourth-order valence-corrected chi connectivity index (χ4v) is 2.24. The van der Waals surface area contributed by atoms with Gasteiger partial charge in [-0.25, -0.2) is 0 Å². The molecule has 0 bridgehead atoms. The summed E-state index contributed by atoms with van der Waals surface area (Å²) in [4.78, 5) is 13.9. The third-order valence-electron chi connectivity index (χ3n) is 3.49. The number of hydrogen-bond donors (Lipinski definition) is 2. The Balaban J connectivity index is 1.83. The number of aliphatic hydroxyl groups excluding tert-OH is 1. The zero-order valence-corrected chi connectivity index (χ0v) is 12.2. The molecule has 2 atom stereocenters. The van der Waals surface area contributed by atoms with E-state index in [2.05, 4.69) is 15.5 Å². The molecule has 7 nitrogen and oxygen atoms in total. The molecule has 0 aromatic carbocycles. The van der Waals surface area contributed by atoms with E-state index < -0.39 is 0 Å². The van der Waals surface area contributed by atoms with Gasteiger partial charge in [-0.15, -0.1) is 5.10 Å². The van der Waals surface area contributed by atoms with Crippen LogP contribution in [-0.4, -0.2) is 51.8 Å². The Morgan fingerprint density at radius 3 is 2.90 bits per heavy atom. The first kappa shape index (κ1) is 14.9. The van der Waals surface area contributed by atoms with Crippen LogP contribution in [0.3, 0.4) is 0 Å². The lowest BCUT2D eigenvalue weighted by Gasteiger charge is -2.33. The Kier molecular flexibility index (Phi) is 4.72. The number of hydrogen-bond acceptors (Lipinski definition) is 6. The molecular formula is C13H22N4O3. The molecule has 2 heterocycles. The molecule has 2 rings (SSSR count). The fraction of sp³-hybridized carbons (Fsp3) is 0.769. The lowest BCUT2D eigenvalue weighted by molar-refractivity contribution is -0.118. The van der Waals surface area contributed by atoms with Crippen LogP contribution in [0, 0.1) is 5.92 Å². The van der Waals surface area contributed by atoms with Gasteiger partial charge in [0.05, 0.1) is 12.6 Å². The van der Waals surface area contributed by atoms with Crippen molar-refractivity contribution in [2.24, 2.45) is 5.92 Å². The molecule has 20 heavy (non-hydrogen) atoms. The van der Waals surface area contributed by atoms with E-state index in [0.717, 1.165) is 13.1 Å². The van der Waals surface area contributed by atoms with Gasteiger partial charge in [-0.3, -0.25) is 15.0 Å². The summed E-state index contributed by atoms with van der Waals surface area (Å²) in [6.07, 6.45) is 0.436. The first-order valence-corrected chi connectivity index (χ1v) is 6.99. The van der Waals surface area contributed by atoms with Gasteiger partial charge in [0.15, 0.2) is 0 Å². The minimum atomic E-state index is -0.265. The summed E-state index contributed by atoms with van der Waals surface area (Å²) in [6, 6.07) is 0.142. The highest BCUT2D eigenvalue weighted by Crippen LogP contribution is 2.17. The van der Waals surface area contributed by atoms with Crippen molar-refractivity contribution in [1.29, 1.82) is 0 Å². The van der Waals surface area contributed by atoms with Gasteiger partial charge in [0.25, 0.3) is 0 Å². The third-order valence-corrected chi connectivity index (χ3v) is 3.49. The molecule has 2 N–H and O–H groups in total. The van der Waals surface area contributed by atoms with Gasteiger partial charge in [0.2, 0.25) is 11.8 Å². The SMILES string of the molecule is CC(C)c1nnc(NC(=O)CN2CCC(O)C(C)C2)o1. The number of amides is 1. The Labute approximate surface area is 118 Å². The molecule has 7 heteroatoms. The Morgan fingerprint density at radius 1 is 1.55 bits per heavy atom. The molecule has 1 aliphatic heterocycles. The van der Waals surface area contributed by atoms with Gasteiger partial charge in [-0.1, -0.05) is 25.9 Å². The van der Waals surface area contributed by atoms with Crippen molar-refractivity contribution in [3.63, 3.8) is 0 Å². The Hall–Kier alpha value is -1.47. The number of aliphatic hydroxyl groups is 1. The molecule has 1 aromatic rings. The summed E-state index contributed by atoms with van der Waals surface area (Å²) in [5, 5.41) is 19.9. The number of likely N-dealkylation sites (tertiary alicyclic amines) is 1.